The Morgan fingerprint density at radius 2 is 1.91 bits per heavy atom. The lowest BCUT2D eigenvalue weighted by atomic mass is 10.2. The Labute approximate surface area is 132 Å². The lowest BCUT2D eigenvalue weighted by Crippen LogP contribution is -2.54. The van der Waals surface area contributed by atoms with Gasteiger partial charge in [0.2, 0.25) is 0 Å². The number of hydrogen-bond donors (Lipinski definition) is 1. The number of hydrazine groups is 1. The molecular formula is C15H26N6O. The highest BCUT2D eigenvalue weighted by molar-refractivity contribution is 5.94. The van der Waals surface area contributed by atoms with Crippen LogP contribution in [0.5, 0.6) is 0 Å². The topological polar surface area (TPSA) is 68.4 Å². The van der Waals surface area contributed by atoms with Gasteiger partial charge in [-0.05, 0) is 32.9 Å². The highest BCUT2D eigenvalue weighted by atomic mass is 16.2. The molecule has 7 heteroatoms. The number of nitrogens with two attached hydrogens (primary N) is 1. The van der Waals surface area contributed by atoms with Gasteiger partial charge < -0.3 is 14.7 Å². The number of hydrogen-bond acceptors (Lipinski definition) is 5. The van der Waals surface area contributed by atoms with E-state index in [0.717, 1.165) is 37.7 Å². The second-order valence-electron chi connectivity index (χ2n) is 5.28. The summed E-state index contributed by atoms with van der Waals surface area (Å²) >= 11 is 0. The highest BCUT2D eigenvalue weighted by Gasteiger charge is 2.25. The molecule has 0 saturated carbocycles. The molecule has 0 aromatic heterocycles. The van der Waals surface area contributed by atoms with Crippen LogP contribution < -0.4 is 5.84 Å². The van der Waals surface area contributed by atoms with Crippen molar-refractivity contribution >= 4 is 11.9 Å². The number of allylic oxidation sites excluding steroid dienone is 2. The monoisotopic (exact) mass is 306 g/mol. The van der Waals surface area contributed by atoms with E-state index in [4.69, 9.17) is 5.84 Å². The number of carbonyl (C=O) groups excluding carboxylic acids is 1. The Balaban J connectivity index is 1.93. The largest absolute Gasteiger partial charge is 0.352 e. The van der Waals surface area contributed by atoms with Crippen LogP contribution in [-0.4, -0.2) is 71.0 Å². The van der Waals surface area contributed by atoms with Crippen LogP contribution >= 0.6 is 0 Å². The average molecular weight is 306 g/mol. The summed E-state index contributed by atoms with van der Waals surface area (Å²) in [5.41, 5.74) is 0.874. The van der Waals surface area contributed by atoms with E-state index in [0.29, 0.717) is 13.1 Å². The second-order valence-corrected chi connectivity index (χ2v) is 5.28. The molecule has 0 aromatic rings. The minimum Gasteiger partial charge on any atom is -0.352 e. The Hall–Kier alpha value is -2.02. The Morgan fingerprint density at radius 1 is 1.27 bits per heavy atom. The summed E-state index contributed by atoms with van der Waals surface area (Å²) in [4.78, 5) is 18.3. The molecule has 0 atom stereocenters. The van der Waals surface area contributed by atoms with Gasteiger partial charge in [0.1, 0.15) is 0 Å². The van der Waals surface area contributed by atoms with E-state index in [1.54, 1.807) is 0 Å². The third kappa shape index (κ3) is 3.41. The number of nitrogens with zero attached hydrogens (tertiary/aromatic N) is 5. The van der Waals surface area contributed by atoms with Gasteiger partial charge in [0, 0.05) is 39.3 Å². The van der Waals surface area contributed by atoms with Gasteiger partial charge in [-0.2, -0.15) is 5.12 Å². The summed E-state index contributed by atoms with van der Waals surface area (Å²) < 4.78 is 0. The van der Waals surface area contributed by atoms with Crippen LogP contribution in [0.15, 0.2) is 29.0 Å². The minimum absolute atomic E-state index is 0.127. The molecule has 1 fully saturated rings. The predicted molar refractivity (Wildman–Crippen MR) is 87.8 cm³/mol. The van der Waals surface area contributed by atoms with Crippen molar-refractivity contribution in [2.75, 3.05) is 39.3 Å². The molecule has 0 radical (unpaired) electrons. The Kier molecular flexibility index (Phi) is 5.43. The fraction of sp³-hybridized carbons (Fsp3) is 0.600. The van der Waals surface area contributed by atoms with Crippen LogP contribution in [0, 0.1) is 0 Å². The highest BCUT2D eigenvalue weighted by Crippen LogP contribution is 2.13. The zero-order chi connectivity index (χ0) is 16.1. The van der Waals surface area contributed by atoms with E-state index in [1.807, 2.05) is 48.8 Å². The van der Waals surface area contributed by atoms with Gasteiger partial charge in [0.25, 0.3) is 0 Å². The summed E-state index contributed by atoms with van der Waals surface area (Å²) in [5.74, 6) is 6.72. The first kappa shape index (κ1) is 16.4. The van der Waals surface area contributed by atoms with Gasteiger partial charge in [0.05, 0.1) is 5.70 Å². The summed E-state index contributed by atoms with van der Waals surface area (Å²) in [7, 11) is 0. The molecule has 2 amide bonds. The van der Waals surface area contributed by atoms with E-state index in [2.05, 4.69) is 10.0 Å². The van der Waals surface area contributed by atoms with Crippen molar-refractivity contribution in [1.29, 1.82) is 0 Å². The average Bonchev–Trinajstić information content (AvgIpc) is 2.56. The molecule has 2 heterocycles. The number of amides is 2. The molecule has 0 unspecified atom stereocenters. The van der Waals surface area contributed by atoms with Crippen molar-refractivity contribution < 1.29 is 4.79 Å². The summed E-state index contributed by atoms with van der Waals surface area (Å²) in [6.07, 6.45) is 5.84. The third-order valence-corrected chi connectivity index (χ3v) is 4.08. The molecule has 2 aliphatic heterocycles. The second kappa shape index (κ2) is 7.31. The van der Waals surface area contributed by atoms with Crippen molar-refractivity contribution in [2.24, 2.45) is 10.9 Å². The van der Waals surface area contributed by atoms with E-state index >= 15 is 0 Å². The first-order valence-electron chi connectivity index (χ1n) is 7.87. The molecule has 122 valence electrons. The van der Waals surface area contributed by atoms with Crippen molar-refractivity contribution in [3.63, 3.8) is 0 Å². The molecule has 0 spiro atoms. The summed E-state index contributed by atoms with van der Waals surface area (Å²) in [5, 5.41) is 5.77. The SMILES string of the molecule is C/C=C1\C=CC(N2CCN(C(=O)N(CC)CC)CC2)=NN1N. The van der Waals surface area contributed by atoms with Crippen LogP contribution in [0.1, 0.15) is 20.8 Å². The van der Waals surface area contributed by atoms with E-state index in [1.165, 1.54) is 5.12 Å². The summed E-state index contributed by atoms with van der Waals surface area (Å²) in [6, 6.07) is 0.127. The fourth-order valence-electron chi connectivity index (χ4n) is 2.66. The molecule has 2 aliphatic rings. The van der Waals surface area contributed by atoms with Crippen LogP contribution in [0.3, 0.4) is 0 Å². The smallest absolute Gasteiger partial charge is 0.320 e. The molecule has 0 bridgehead atoms. The number of amidine groups is 1. The van der Waals surface area contributed by atoms with Gasteiger partial charge in [-0.15, -0.1) is 5.10 Å². The molecule has 2 N–H and O–H groups in total. The van der Waals surface area contributed by atoms with E-state index < -0.39 is 0 Å². The van der Waals surface area contributed by atoms with Gasteiger partial charge >= 0.3 is 6.03 Å². The fourth-order valence-corrected chi connectivity index (χ4v) is 2.66. The molecular weight excluding hydrogens is 280 g/mol. The molecule has 7 nitrogen and oxygen atoms in total. The van der Waals surface area contributed by atoms with Crippen LogP contribution in [0.4, 0.5) is 4.79 Å². The number of carbonyl (C=O) groups is 1. The minimum atomic E-state index is 0.127. The first-order chi connectivity index (χ1) is 10.6. The van der Waals surface area contributed by atoms with Crippen molar-refractivity contribution in [2.45, 2.75) is 20.8 Å². The Morgan fingerprint density at radius 3 is 2.41 bits per heavy atom. The van der Waals surface area contributed by atoms with Crippen molar-refractivity contribution in [1.82, 2.24) is 19.8 Å². The van der Waals surface area contributed by atoms with E-state index in [9.17, 15) is 4.79 Å². The maximum absolute atomic E-state index is 12.3. The zero-order valence-electron chi connectivity index (χ0n) is 13.7. The number of hydrazone groups is 1. The lowest BCUT2D eigenvalue weighted by Gasteiger charge is -2.38. The van der Waals surface area contributed by atoms with Gasteiger partial charge in [-0.25, -0.2) is 10.6 Å². The number of rotatable bonds is 2. The van der Waals surface area contributed by atoms with Gasteiger partial charge in [-0.1, -0.05) is 6.08 Å². The maximum Gasteiger partial charge on any atom is 0.320 e. The van der Waals surface area contributed by atoms with Crippen molar-refractivity contribution in [3.8, 4) is 0 Å². The quantitative estimate of drug-likeness (QED) is 0.774. The normalized spacial score (nSPS) is 20.5. The number of urea groups is 1. The number of piperazine rings is 1. The van der Waals surface area contributed by atoms with Crippen LogP contribution in [0.2, 0.25) is 0 Å². The van der Waals surface area contributed by atoms with Crippen molar-refractivity contribution in [3.05, 3.63) is 23.9 Å². The molecule has 0 aliphatic carbocycles. The van der Waals surface area contributed by atoms with Crippen LogP contribution in [-0.2, 0) is 0 Å². The standard InChI is InChI=1S/C15H26N6O/c1-4-13-7-8-14(17-21(13)16)19-9-11-20(12-10-19)15(22)18(5-2)6-3/h4,7-8H,5-6,9-12,16H2,1-3H3/b13-4+. The Bertz CT molecular complexity index is 486. The van der Waals surface area contributed by atoms with Gasteiger partial charge in [-0.3, -0.25) is 0 Å². The molecule has 0 aromatic carbocycles. The zero-order valence-corrected chi connectivity index (χ0v) is 13.7. The maximum atomic E-state index is 12.3. The summed E-state index contributed by atoms with van der Waals surface area (Å²) in [6.45, 7) is 10.4. The molecule has 22 heavy (non-hydrogen) atoms. The van der Waals surface area contributed by atoms with E-state index in [-0.39, 0.29) is 6.03 Å². The van der Waals surface area contributed by atoms with Gasteiger partial charge in [0.15, 0.2) is 5.84 Å². The predicted octanol–water partition coefficient (Wildman–Crippen LogP) is 1.03. The lowest BCUT2D eigenvalue weighted by molar-refractivity contribution is 0.135. The first-order valence-corrected chi connectivity index (χ1v) is 7.87. The third-order valence-electron chi connectivity index (χ3n) is 4.08. The van der Waals surface area contributed by atoms with Crippen LogP contribution in [0.25, 0.3) is 0 Å². The molecule has 1 saturated heterocycles. The molecule has 2 rings (SSSR count).